The van der Waals surface area contributed by atoms with E-state index in [2.05, 4.69) is 19.2 Å². The molecule has 0 aliphatic heterocycles. The number of aliphatic hydroxyl groups is 4. The third kappa shape index (κ3) is 21.9. The number of hydrogen-bond donors (Lipinski definition) is 5. The maximum Gasteiger partial charge on any atom is 0.249 e. The van der Waals surface area contributed by atoms with Gasteiger partial charge in [0, 0.05) is 0 Å². The lowest BCUT2D eigenvalue weighted by molar-refractivity contribution is -0.132. The molecule has 0 saturated heterocycles. The second-order valence-electron chi connectivity index (χ2n) is 11.2. The molecule has 0 radical (unpaired) electrons. The van der Waals surface area contributed by atoms with Crippen molar-refractivity contribution in [3.05, 3.63) is 0 Å². The van der Waals surface area contributed by atoms with Crippen LogP contribution in [0, 0.1) is 0 Å². The normalized spacial score (nSPS) is 14.9. The topological polar surface area (TPSA) is 110 Å². The van der Waals surface area contributed by atoms with Gasteiger partial charge in [-0.05, 0) is 12.8 Å². The van der Waals surface area contributed by atoms with E-state index in [-0.39, 0.29) is 0 Å². The highest BCUT2D eigenvalue weighted by Crippen LogP contribution is 2.15. The van der Waals surface area contributed by atoms with Crippen molar-refractivity contribution in [2.75, 3.05) is 6.61 Å². The molecule has 0 bridgehead atoms. The Morgan fingerprint density at radius 1 is 0.568 bits per heavy atom. The van der Waals surface area contributed by atoms with Gasteiger partial charge >= 0.3 is 0 Å². The molecule has 4 unspecified atom stereocenters. The number of rotatable bonds is 28. The molecule has 0 saturated carbocycles. The molecule has 0 aliphatic rings. The molecule has 4 atom stereocenters. The summed E-state index contributed by atoms with van der Waals surface area (Å²) in [5.74, 6) is -0.590. The molecule has 0 heterocycles. The summed E-state index contributed by atoms with van der Waals surface area (Å²) in [5, 5.41) is 42.7. The van der Waals surface area contributed by atoms with Crippen molar-refractivity contribution in [2.24, 2.45) is 0 Å². The fourth-order valence-electron chi connectivity index (χ4n) is 4.93. The van der Waals surface area contributed by atoms with Gasteiger partial charge in [-0.2, -0.15) is 0 Å². The summed E-state index contributed by atoms with van der Waals surface area (Å²) >= 11 is 0. The molecular weight excluding hydrogens is 466 g/mol. The van der Waals surface area contributed by atoms with Gasteiger partial charge in [-0.1, -0.05) is 149 Å². The number of unbranched alkanes of at least 4 members (excludes halogenated alkanes) is 19. The average molecular weight is 530 g/mol. The first-order chi connectivity index (χ1) is 18.0. The van der Waals surface area contributed by atoms with Crippen LogP contribution in [0.15, 0.2) is 0 Å². The third-order valence-electron chi connectivity index (χ3n) is 7.57. The lowest BCUT2D eigenvalue weighted by Gasteiger charge is -2.27. The van der Waals surface area contributed by atoms with Gasteiger partial charge in [-0.15, -0.1) is 0 Å². The fraction of sp³-hybridized carbons (Fsp3) is 0.968. The summed E-state index contributed by atoms with van der Waals surface area (Å²) in [4.78, 5) is 12.3. The predicted molar refractivity (Wildman–Crippen MR) is 155 cm³/mol. The highest BCUT2D eigenvalue weighted by Gasteiger charge is 2.28. The summed E-state index contributed by atoms with van der Waals surface area (Å²) in [5.41, 5.74) is 0. The van der Waals surface area contributed by atoms with Crippen LogP contribution in [0.2, 0.25) is 0 Å². The van der Waals surface area contributed by atoms with Crippen LogP contribution in [0.5, 0.6) is 0 Å². The zero-order chi connectivity index (χ0) is 27.6. The molecule has 0 aromatic rings. The van der Waals surface area contributed by atoms with Crippen LogP contribution in [0.25, 0.3) is 0 Å². The van der Waals surface area contributed by atoms with Crippen molar-refractivity contribution in [3.8, 4) is 0 Å². The van der Waals surface area contributed by atoms with Crippen LogP contribution in [0.1, 0.15) is 162 Å². The van der Waals surface area contributed by atoms with Crippen LogP contribution in [0.3, 0.4) is 0 Å². The summed E-state index contributed by atoms with van der Waals surface area (Å²) < 4.78 is 0. The molecule has 0 rings (SSSR count). The lowest BCUT2D eigenvalue weighted by atomic mass is 9.99. The van der Waals surface area contributed by atoms with E-state index in [9.17, 15) is 25.2 Å². The van der Waals surface area contributed by atoms with Crippen molar-refractivity contribution in [3.63, 3.8) is 0 Å². The first-order valence-electron chi connectivity index (χ1n) is 15.9. The Balaban J connectivity index is 3.69. The van der Waals surface area contributed by atoms with Crippen molar-refractivity contribution < 1.29 is 25.2 Å². The minimum absolute atomic E-state index is 0.373. The molecular formula is C31H63NO5. The van der Waals surface area contributed by atoms with Gasteiger partial charge in [-0.3, -0.25) is 4.79 Å². The SMILES string of the molecule is CCCCCCCCCCCCCCCCCCCC(O)C(=O)NC(CO)C(O)C(O)CCCCCC. The second kappa shape index (κ2) is 26.9. The molecule has 0 aliphatic carbocycles. The van der Waals surface area contributed by atoms with Gasteiger partial charge in [0.2, 0.25) is 5.91 Å². The Morgan fingerprint density at radius 2 is 0.919 bits per heavy atom. The lowest BCUT2D eigenvalue weighted by Crippen LogP contribution is -2.53. The number of hydrogen-bond acceptors (Lipinski definition) is 5. The van der Waals surface area contributed by atoms with Crippen LogP contribution in [-0.2, 0) is 4.79 Å². The first-order valence-corrected chi connectivity index (χ1v) is 15.9. The molecule has 37 heavy (non-hydrogen) atoms. The van der Waals surface area contributed by atoms with Crippen molar-refractivity contribution in [1.29, 1.82) is 0 Å². The Bertz CT molecular complexity index is 490. The molecule has 5 N–H and O–H groups in total. The molecule has 222 valence electrons. The van der Waals surface area contributed by atoms with E-state index in [0.29, 0.717) is 12.8 Å². The van der Waals surface area contributed by atoms with E-state index in [4.69, 9.17) is 0 Å². The Labute approximate surface area is 229 Å². The van der Waals surface area contributed by atoms with E-state index >= 15 is 0 Å². The quantitative estimate of drug-likeness (QED) is 0.0737. The highest BCUT2D eigenvalue weighted by molar-refractivity contribution is 5.80. The van der Waals surface area contributed by atoms with E-state index in [0.717, 1.165) is 44.9 Å². The molecule has 0 fully saturated rings. The maximum atomic E-state index is 12.3. The molecule has 0 aromatic heterocycles. The predicted octanol–water partition coefficient (Wildman–Crippen LogP) is 6.56. The van der Waals surface area contributed by atoms with E-state index in [1.807, 2.05) is 0 Å². The second-order valence-corrected chi connectivity index (χ2v) is 11.2. The molecule has 6 nitrogen and oxygen atoms in total. The Hall–Kier alpha value is -0.690. The van der Waals surface area contributed by atoms with E-state index in [1.54, 1.807) is 0 Å². The minimum atomic E-state index is -1.25. The number of carbonyl (C=O) groups excluding carboxylic acids is 1. The summed E-state index contributed by atoms with van der Waals surface area (Å²) in [7, 11) is 0. The third-order valence-corrected chi connectivity index (χ3v) is 7.57. The van der Waals surface area contributed by atoms with Crippen molar-refractivity contribution in [2.45, 2.75) is 186 Å². The van der Waals surface area contributed by atoms with Gasteiger partial charge in [0.15, 0.2) is 0 Å². The summed E-state index contributed by atoms with van der Waals surface area (Å²) in [6.07, 6.45) is 23.2. The number of nitrogens with one attached hydrogen (secondary N) is 1. The zero-order valence-corrected chi connectivity index (χ0v) is 24.5. The zero-order valence-electron chi connectivity index (χ0n) is 24.5. The van der Waals surface area contributed by atoms with Gasteiger partial charge < -0.3 is 25.7 Å². The largest absolute Gasteiger partial charge is 0.394 e. The molecule has 0 aromatic carbocycles. The number of aliphatic hydroxyl groups excluding tert-OH is 4. The first kappa shape index (κ1) is 36.3. The average Bonchev–Trinajstić information content (AvgIpc) is 2.90. The Kier molecular flexibility index (Phi) is 26.4. The smallest absolute Gasteiger partial charge is 0.249 e. The Morgan fingerprint density at radius 3 is 1.32 bits per heavy atom. The molecule has 0 spiro atoms. The highest BCUT2D eigenvalue weighted by atomic mass is 16.3. The van der Waals surface area contributed by atoms with Gasteiger partial charge in [-0.25, -0.2) is 0 Å². The van der Waals surface area contributed by atoms with Gasteiger partial charge in [0.25, 0.3) is 0 Å². The van der Waals surface area contributed by atoms with Gasteiger partial charge in [0.05, 0.1) is 18.8 Å². The number of amides is 1. The van der Waals surface area contributed by atoms with Crippen LogP contribution < -0.4 is 5.32 Å². The summed E-state index contributed by atoms with van der Waals surface area (Å²) in [6, 6.07) is -0.973. The van der Waals surface area contributed by atoms with Crippen LogP contribution in [-0.4, -0.2) is 57.3 Å². The molecule has 6 heteroatoms. The molecule has 1 amide bonds. The summed E-state index contributed by atoms with van der Waals surface area (Å²) in [6.45, 7) is 3.89. The minimum Gasteiger partial charge on any atom is -0.394 e. The maximum absolute atomic E-state index is 12.3. The standard InChI is InChI=1S/C31H63NO5/c1-3-5-7-9-10-11-12-13-14-15-16-17-18-19-20-21-23-25-29(35)31(37)32-27(26-33)30(36)28(34)24-22-8-6-4-2/h27-30,33-36H,3-26H2,1-2H3,(H,32,37). The van der Waals surface area contributed by atoms with Gasteiger partial charge in [0.1, 0.15) is 12.2 Å². The van der Waals surface area contributed by atoms with E-state index < -0.39 is 36.9 Å². The van der Waals surface area contributed by atoms with Crippen LogP contribution >= 0.6 is 0 Å². The fourth-order valence-corrected chi connectivity index (χ4v) is 4.93. The van der Waals surface area contributed by atoms with E-state index in [1.165, 1.54) is 89.9 Å². The van der Waals surface area contributed by atoms with Crippen molar-refractivity contribution >= 4 is 5.91 Å². The van der Waals surface area contributed by atoms with Crippen molar-refractivity contribution in [1.82, 2.24) is 5.32 Å². The monoisotopic (exact) mass is 529 g/mol. The number of carbonyl (C=O) groups is 1. The van der Waals surface area contributed by atoms with Crippen LogP contribution in [0.4, 0.5) is 0 Å².